The number of ether oxygens (including phenoxy) is 2. The average molecular weight is 429 g/mol. The van der Waals surface area contributed by atoms with Crippen molar-refractivity contribution < 1.29 is 19.1 Å². The number of methoxy groups -OCH3 is 2. The fraction of sp³-hybridized carbons (Fsp3) is 0.391. The van der Waals surface area contributed by atoms with E-state index in [9.17, 15) is 9.59 Å². The van der Waals surface area contributed by atoms with Gasteiger partial charge in [0.1, 0.15) is 0 Å². The van der Waals surface area contributed by atoms with Gasteiger partial charge in [0.05, 0.1) is 25.5 Å². The molecule has 1 fully saturated rings. The van der Waals surface area contributed by atoms with Crippen molar-refractivity contribution in [3.63, 3.8) is 0 Å². The molecule has 160 valence electrons. The maximum Gasteiger partial charge on any atom is 0.254 e. The van der Waals surface area contributed by atoms with Crippen LogP contribution in [0.3, 0.4) is 0 Å². The van der Waals surface area contributed by atoms with Gasteiger partial charge in [-0.2, -0.15) is 0 Å². The molecule has 0 aromatic heterocycles. The molecule has 1 saturated heterocycles. The second kappa shape index (κ2) is 10.4. The molecule has 0 aliphatic carbocycles. The van der Waals surface area contributed by atoms with Gasteiger partial charge in [-0.25, -0.2) is 0 Å². The molecule has 1 aliphatic rings. The minimum atomic E-state index is -0.152. The lowest BCUT2D eigenvalue weighted by Crippen LogP contribution is -2.39. The summed E-state index contributed by atoms with van der Waals surface area (Å²) in [5, 5.41) is 2.87. The van der Waals surface area contributed by atoms with Crippen LogP contribution < -0.4 is 14.8 Å². The number of hydrogen-bond acceptors (Lipinski definition) is 5. The number of piperidine rings is 1. The van der Waals surface area contributed by atoms with Crippen molar-refractivity contribution in [3.05, 3.63) is 48.0 Å². The number of carbonyl (C=O) groups is 2. The Morgan fingerprint density at radius 2 is 1.90 bits per heavy atom. The molecule has 6 nitrogen and oxygen atoms in total. The van der Waals surface area contributed by atoms with Crippen LogP contribution in [-0.4, -0.2) is 49.8 Å². The summed E-state index contributed by atoms with van der Waals surface area (Å²) in [7, 11) is 3.12. The first-order valence-electron chi connectivity index (χ1n) is 10.0. The maximum absolute atomic E-state index is 13.0. The molecule has 0 spiro atoms. The summed E-state index contributed by atoms with van der Waals surface area (Å²) in [6, 6.07) is 12.7. The molecule has 30 heavy (non-hydrogen) atoms. The fourth-order valence-electron chi connectivity index (χ4n) is 3.57. The van der Waals surface area contributed by atoms with Gasteiger partial charge >= 0.3 is 0 Å². The monoisotopic (exact) mass is 428 g/mol. The lowest BCUT2D eigenvalue weighted by Gasteiger charge is -2.31. The molecular weight excluding hydrogens is 400 g/mol. The standard InChI is InChI=1S/C23H28N2O4S/c1-16-7-6-12-25(14-16)23(27)18-8-4-5-9-21(18)30-15-22(26)24-17-10-11-19(28-2)20(13-17)29-3/h4-5,8-11,13,16H,6-7,12,14-15H2,1-3H3,(H,24,26). The molecule has 0 saturated carbocycles. The van der Waals surface area contributed by atoms with E-state index < -0.39 is 0 Å². The van der Waals surface area contributed by atoms with E-state index in [4.69, 9.17) is 9.47 Å². The minimum absolute atomic E-state index is 0.0462. The zero-order chi connectivity index (χ0) is 21.5. The van der Waals surface area contributed by atoms with Crippen LogP contribution in [0.25, 0.3) is 0 Å². The van der Waals surface area contributed by atoms with Gasteiger partial charge in [-0.15, -0.1) is 11.8 Å². The van der Waals surface area contributed by atoms with Crippen molar-refractivity contribution in [1.29, 1.82) is 0 Å². The molecule has 1 aliphatic heterocycles. The third-order valence-corrected chi connectivity index (χ3v) is 6.16. The van der Waals surface area contributed by atoms with Crippen LogP contribution in [0.5, 0.6) is 11.5 Å². The summed E-state index contributed by atoms with van der Waals surface area (Å²) in [4.78, 5) is 28.2. The van der Waals surface area contributed by atoms with Crippen molar-refractivity contribution in [3.8, 4) is 11.5 Å². The van der Waals surface area contributed by atoms with Crippen LogP contribution in [0, 0.1) is 5.92 Å². The van der Waals surface area contributed by atoms with Crippen molar-refractivity contribution >= 4 is 29.3 Å². The van der Waals surface area contributed by atoms with Gasteiger partial charge in [0.2, 0.25) is 5.91 Å². The van der Waals surface area contributed by atoms with Crippen molar-refractivity contribution in [2.75, 3.05) is 38.4 Å². The number of hydrogen-bond donors (Lipinski definition) is 1. The van der Waals surface area contributed by atoms with Crippen LogP contribution in [-0.2, 0) is 4.79 Å². The van der Waals surface area contributed by atoms with Gasteiger partial charge < -0.3 is 19.7 Å². The number of nitrogens with one attached hydrogen (secondary N) is 1. The summed E-state index contributed by atoms with van der Waals surface area (Å²) in [6.45, 7) is 3.76. The van der Waals surface area contributed by atoms with E-state index >= 15 is 0 Å². The van der Waals surface area contributed by atoms with Gasteiger partial charge in [0, 0.05) is 29.7 Å². The minimum Gasteiger partial charge on any atom is -0.493 e. The van der Waals surface area contributed by atoms with Crippen LogP contribution in [0.4, 0.5) is 5.69 Å². The Kier molecular flexibility index (Phi) is 7.63. The Labute approximate surface area is 181 Å². The summed E-state index contributed by atoms with van der Waals surface area (Å²) in [5.41, 5.74) is 1.29. The fourth-order valence-corrected chi connectivity index (χ4v) is 4.41. The van der Waals surface area contributed by atoms with E-state index in [1.165, 1.54) is 11.8 Å². The quantitative estimate of drug-likeness (QED) is 0.666. The van der Waals surface area contributed by atoms with E-state index in [-0.39, 0.29) is 17.6 Å². The Morgan fingerprint density at radius 1 is 1.13 bits per heavy atom. The summed E-state index contributed by atoms with van der Waals surface area (Å²) in [5.74, 6) is 1.77. The predicted molar refractivity (Wildman–Crippen MR) is 120 cm³/mol. The summed E-state index contributed by atoms with van der Waals surface area (Å²) in [6.07, 6.45) is 2.20. The number of thioether (sulfide) groups is 1. The number of nitrogens with zero attached hydrogens (tertiary/aromatic N) is 1. The van der Waals surface area contributed by atoms with Crippen molar-refractivity contribution in [2.24, 2.45) is 5.92 Å². The number of amides is 2. The summed E-state index contributed by atoms with van der Waals surface area (Å²) >= 11 is 1.37. The first-order valence-corrected chi connectivity index (χ1v) is 11.0. The van der Waals surface area contributed by atoms with Crippen LogP contribution in [0.2, 0.25) is 0 Å². The van der Waals surface area contributed by atoms with Crippen LogP contribution in [0.1, 0.15) is 30.1 Å². The van der Waals surface area contributed by atoms with Crippen molar-refractivity contribution in [1.82, 2.24) is 4.90 Å². The molecule has 2 aromatic carbocycles. The van der Waals surface area contributed by atoms with Crippen LogP contribution in [0.15, 0.2) is 47.4 Å². The molecule has 1 unspecified atom stereocenters. The molecule has 0 bridgehead atoms. The molecule has 7 heteroatoms. The van der Waals surface area contributed by atoms with E-state index in [1.807, 2.05) is 29.2 Å². The van der Waals surface area contributed by atoms with E-state index in [0.29, 0.717) is 28.7 Å². The van der Waals surface area contributed by atoms with E-state index in [1.54, 1.807) is 32.4 Å². The number of anilines is 1. The highest BCUT2D eigenvalue weighted by molar-refractivity contribution is 8.00. The van der Waals surface area contributed by atoms with Gasteiger partial charge in [-0.3, -0.25) is 9.59 Å². The lowest BCUT2D eigenvalue weighted by atomic mass is 9.99. The van der Waals surface area contributed by atoms with Gasteiger partial charge in [0.25, 0.3) is 5.91 Å². The Morgan fingerprint density at radius 3 is 2.63 bits per heavy atom. The molecule has 0 radical (unpaired) electrons. The van der Waals surface area contributed by atoms with E-state index in [0.717, 1.165) is 30.8 Å². The zero-order valence-electron chi connectivity index (χ0n) is 17.6. The summed E-state index contributed by atoms with van der Waals surface area (Å²) < 4.78 is 10.5. The molecule has 1 heterocycles. The van der Waals surface area contributed by atoms with Gasteiger partial charge in [-0.1, -0.05) is 19.1 Å². The smallest absolute Gasteiger partial charge is 0.254 e. The average Bonchev–Trinajstić information content (AvgIpc) is 2.77. The number of likely N-dealkylation sites (tertiary alicyclic amines) is 1. The second-order valence-corrected chi connectivity index (χ2v) is 8.42. The lowest BCUT2D eigenvalue weighted by molar-refractivity contribution is -0.113. The highest BCUT2D eigenvalue weighted by atomic mass is 32.2. The van der Waals surface area contributed by atoms with Gasteiger partial charge in [-0.05, 0) is 43.0 Å². The number of rotatable bonds is 7. The van der Waals surface area contributed by atoms with Crippen molar-refractivity contribution in [2.45, 2.75) is 24.7 Å². The molecule has 2 amide bonds. The van der Waals surface area contributed by atoms with Gasteiger partial charge in [0.15, 0.2) is 11.5 Å². The molecule has 1 N–H and O–H groups in total. The Hall–Kier alpha value is -2.67. The third-order valence-electron chi connectivity index (χ3n) is 5.09. The Bertz CT molecular complexity index is 903. The topological polar surface area (TPSA) is 67.9 Å². The molecular formula is C23H28N2O4S. The van der Waals surface area contributed by atoms with E-state index in [2.05, 4.69) is 12.2 Å². The normalized spacial score (nSPS) is 16.1. The Balaban J connectivity index is 1.63. The highest BCUT2D eigenvalue weighted by Crippen LogP contribution is 2.30. The second-order valence-electron chi connectivity index (χ2n) is 7.40. The first kappa shape index (κ1) is 22.0. The SMILES string of the molecule is COc1ccc(NC(=O)CSc2ccccc2C(=O)N2CCCC(C)C2)cc1OC. The number of benzene rings is 2. The highest BCUT2D eigenvalue weighted by Gasteiger charge is 2.24. The molecule has 1 atom stereocenters. The zero-order valence-corrected chi connectivity index (χ0v) is 18.5. The maximum atomic E-state index is 13.0. The van der Waals surface area contributed by atoms with Crippen LogP contribution >= 0.6 is 11.8 Å². The largest absolute Gasteiger partial charge is 0.493 e. The first-order chi connectivity index (χ1) is 14.5. The predicted octanol–water partition coefficient (Wildman–Crippen LogP) is 4.31. The number of carbonyl (C=O) groups excluding carboxylic acids is 2. The molecule has 2 aromatic rings. The molecule has 3 rings (SSSR count). The third kappa shape index (κ3) is 5.48.